The molecule has 6 heteroatoms. The monoisotopic (exact) mass is 330 g/mol. The molecule has 0 atom stereocenters. The average molecular weight is 332 g/mol. The number of halogens is 2. The third-order valence-electron chi connectivity index (χ3n) is 2.09. The zero-order valence-corrected chi connectivity index (χ0v) is 12.0. The molecule has 2 aromatic rings. The van der Waals surface area contributed by atoms with Gasteiger partial charge in [-0.2, -0.15) is 0 Å². The van der Waals surface area contributed by atoms with Gasteiger partial charge in [-0.3, -0.25) is 4.79 Å². The van der Waals surface area contributed by atoms with Gasteiger partial charge in [-0.1, -0.05) is 11.6 Å². The standard InChI is InChI=1S/C11H8BrClN2OS/c1-6-5-8(17-9(6)12)11(16)15-7-3-2-4-14-10(7)13/h2-5H,1H3,(H,15,16). The van der Waals surface area contributed by atoms with Gasteiger partial charge in [0.1, 0.15) is 0 Å². The van der Waals surface area contributed by atoms with Gasteiger partial charge in [-0.15, -0.1) is 11.3 Å². The molecule has 17 heavy (non-hydrogen) atoms. The van der Waals surface area contributed by atoms with Gasteiger partial charge in [0, 0.05) is 6.20 Å². The summed E-state index contributed by atoms with van der Waals surface area (Å²) in [5.41, 5.74) is 1.55. The summed E-state index contributed by atoms with van der Waals surface area (Å²) in [7, 11) is 0. The Labute approximate surface area is 116 Å². The molecule has 0 aromatic carbocycles. The molecule has 0 radical (unpaired) electrons. The summed E-state index contributed by atoms with van der Waals surface area (Å²) in [4.78, 5) is 16.5. The predicted molar refractivity (Wildman–Crippen MR) is 74.0 cm³/mol. The van der Waals surface area contributed by atoms with E-state index in [1.165, 1.54) is 11.3 Å². The predicted octanol–water partition coefficient (Wildman–Crippen LogP) is 4.12. The summed E-state index contributed by atoms with van der Waals surface area (Å²) in [6, 6.07) is 5.26. The van der Waals surface area contributed by atoms with Gasteiger partial charge in [0.15, 0.2) is 5.15 Å². The van der Waals surface area contributed by atoms with Crippen LogP contribution in [0.1, 0.15) is 15.2 Å². The molecule has 0 unspecified atom stereocenters. The fourth-order valence-corrected chi connectivity index (χ4v) is 2.83. The molecule has 0 bridgehead atoms. The highest BCUT2D eigenvalue weighted by molar-refractivity contribution is 9.11. The Balaban J connectivity index is 2.20. The van der Waals surface area contributed by atoms with Crippen LogP contribution >= 0.6 is 38.9 Å². The molecule has 1 amide bonds. The third kappa shape index (κ3) is 2.86. The summed E-state index contributed by atoms with van der Waals surface area (Å²) in [6.07, 6.45) is 1.57. The largest absolute Gasteiger partial charge is 0.319 e. The molecule has 2 rings (SSSR count). The van der Waals surface area contributed by atoms with Gasteiger partial charge in [0.05, 0.1) is 14.4 Å². The summed E-state index contributed by atoms with van der Waals surface area (Å²) in [5.74, 6) is -0.182. The zero-order chi connectivity index (χ0) is 12.4. The van der Waals surface area contributed by atoms with Crippen molar-refractivity contribution < 1.29 is 4.79 Å². The lowest BCUT2D eigenvalue weighted by Crippen LogP contribution is -2.10. The van der Waals surface area contributed by atoms with E-state index in [-0.39, 0.29) is 11.1 Å². The van der Waals surface area contributed by atoms with Crippen LogP contribution in [0.3, 0.4) is 0 Å². The van der Waals surface area contributed by atoms with Crippen molar-refractivity contribution in [3.63, 3.8) is 0 Å². The topological polar surface area (TPSA) is 42.0 Å². The van der Waals surface area contributed by atoms with E-state index in [0.29, 0.717) is 10.6 Å². The number of aryl methyl sites for hydroxylation is 1. The molecule has 0 aliphatic carbocycles. The molecular weight excluding hydrogens is 324 g/mol. The van der Waals surface area contributed by atoms with E-state index in [0.717, 1.165) is 9.35 Å². The summed E-state index contributed by atoms with van der Waals surface area (Å²) < 4.78 is 0.958. The van der Waals surface area contributed by atoms with Crippen molar-refractivity contribution in [3.8, 4) is 0 Å². The van der Waals surface area contributed by atoms with Gasteiger partial charge in [-0.25, -0.2) is 4.98 Å². The van der Waals surface area contributed by atoms with Crippen molar-refractivity contribution in [1.29, 1.82) is 0 Å². The summed E-state index contributed by atoms with van der Waals surface area (Å²) >= 11 is 10.6. The number of anilines is 1. The highest BCUT2D eigenvalue weighted by Gasteiger charge is 2.12. The van der Waals surface area contributed by atoms with Crippen LogP contribution in [-0.4, -0.2) is 10.9 Å². The number of thiophene rings is 1. The third-order valence-corrected chi connectivity index (χ3v) is 4.52. The van der Waals surface area contributed by atoms with Crippen LogP contribution in [0.25, 0.3) is 0 Å². The van der Waals surface area contributed by atoms with Crippen LogP contribution in [-0.2, 0) is 0 Å². The summed E-state index contributed by atoms with van der Waals surface area (Å²) in [5, 5.41) is 3.01. The van der Waals surface area contributed by atoms with Gasteiger partial charge < -0.3 is 5.32 Å². The van der Waals surface area contributed by atoms with Gasteiger partial charge in [-0.05, 0) is 46.6 Å². The first-order valence-corrected chi connectivity index (χ1v) is 6.74. The molecule has 1 N–H and O–H groups in total. The van der Waals surface area contributed by atoms with Gasteiger partial charge in [0.2, 0.25) is 0 Å². The van der Waals surface area contributed by atoms with E-state index in [9.17, 15) is 4.79 Å². The van der Waals surface area contributed by atoms with Crippen LogP contribution in [0.15, 0.2) is 28.2 Å². The highest BCUT2D eigenvalue weighted by Crippen LogP contribution is 2.28. The Morgan fingerprint density at radius 3 is 2.94 bits per heavy atom. The quantitative estimate of drug-likeness (QED) is 0.841. The first kappa shape index (κ1) is 12.5. The maximum absolute atomic E-state index is 11.9. The van der Waals surface area contributed by atoms with Crippen molar-refractivity contribution in [2.24, 2.45) is 0 Å². The molecular formula is C11H8BrClN2OS. The normalized spacial score (nSPS) is 10.3. The number of aromatic nitrogens is 1. The molecule has 0 aliphatic rings. The van der Waals surface area contributed by atoms with Crippen molar-refractivity contribution >= 4 is 50.5 Å². The van der Waals surface area contributed by atoms with Crippen molar-refractivity contribution in [2.75, 3.05) is 5.32 Å². The zero-order valence-electron chi connectivity index (χ0n) is 8.83. The first-order chi connectivity index (χ1) is 8.08. The second kappa shape index (κ2) is 5.16. The van der Waals surface area contributed by atoms with Gasteiger partial charge >= 0.3 is 0 Å². The van der Waals surface area contributed by atoms with E-state index in [1.807, 2.05) is 13.0 Å². The number of pyridine rings is 1. The molecule has 2 heterocycles. The SMILES string of the molecule is Cc1cc(C(=O)Nc2cccnc2Cl)sc1Br. The number of hydrogen-bond donors (Lipinski definition) is 1. The lowest BCUT2D eigenvalue weighted by molar-refractivity contribution is 0.103. The second-order valence-electron chi connectivity index (χ2n) is 3.36. The number of rotatable bonds is 2. The number of hydrogen-bond acceptors (Lipinski definition) is 3. The van der Waals surface area contributed by atoms with Crippen molar-refractivity contribution in [3.05, 3.63) is 43.8 Å². The van der Waals surface area contributed by atoms with Crippen LogP contribution in [0.5, 0.6) is 0 Å². The number of nitrogens with one attached hydrogen (secondary N) is 1. The van der Waals surface area contributed by atoms with Gasteiger partial charge in [0.25, 0.3) is 5.91 Å². The smallest absolute Gasteiger partial charge is 0.265 e. The molecule has 2 aromatic heterocycles. The number of nitrogens with zero attached hydrogens (tertiary/aromatic N) is 1. The highest BCUT2D eigenvalue weighted by atomic mass is 79.9. The first-order valence-electron chi connectivity index (χ1n) is 4.75. The van der Waals surface area contributed by atoms with Crippen LogP contribution < -0.4 is 5.32 Å². The maximum Gasteiger partial charge on any atom is 0.265 e. The van der Waals surface area contributed by atoms with Crippen LogP contribution in [0.4, 0.5) is 5.69 Å². The van der Waals surface area contributed by atoms with Crippen molar-refractivity contribution in [1.82, 2.24) is 4.98 Å². The fraction of sp³-hybridized carbons (Fsp3) is 0.0909. The molecule has 88 valence electrons. The molecule has 0 fully saturated rings. The van der Waals surface area contributed by atoms with E-state index in [1.54, 1.807) is 18.3 Å². The number of carbonyl (C=O) groups is 1. The molecule has 0 spiro atoms. The molecule has 0 aliphatic heterocycles. The lowest BCUT2D eigenvalue weighted by Gasteiger charge is -2.04. The van der Waals surface area contributed by atoms with E-state index in [2.05, 4.69) is 26.2 Å². The Morgan fingerprint density at radius 1 is 1.59 bits per heavy atom. The minimum absolute atomic E-state index is 0.182. The van der Waals surface area contributed by atoms with Crippen LogP contribution in [0, 0.1) is 6.92 Å². The Hall–Kier alpha value is -0.910. The Kier molecular flexibility index (Phi) is 3.81. The Bertz CT molecular complexity index is 551. The van der Waals surface area contributed by atoms with Crippen LogP contribution in [0.2, 0.25) is 5.15 Å². The fourth-order valence-electron chi connectivity index (χ4n) is 1.23. The number of amides is 1. The summed E-state index contributed by atoms with van der Waals surface area (Å²) in [6.45, 7) is 1.94. The lowest BCUT2D eigenvalue weighted by atomic mass is 10.3. The Morgan fingerprint density at radius 2 is 2.35 bits per heavy atom. The molecule has 3 nitrogen and oxygen atoms in total. The molecule has 0 saturated heterocycles. The van der Waals surface area contributed by atoms with Crippen molar-refractivity contribution in [2.45, 2.75) is 6.92 Å². The second-order valence-corrected chi connectivity index (χ2v) is 6.09. The minimum Gasteiger partial charge on any atom is -0.319 e. The van der Waals surface area contributed by atoms with E-state index >= 15 is 0 Å². The van der Waals surface area contributed by atoms with E-state index in [4.69, 9.17) is 11.6 Å². The molecule has 0 saturated carbocycles. The average Bonchev–Trinajstić information content (AvgIpc) is 2.63. The van der Waals surface area contributed by atoms with E-state index < -0.39 is 0 Å². The number of carbonyl (C=O) groups excluding carboxylic acids is 1. The minimum atomic E-state index is -0.182. The maximum atomic E-state index is 11.9.